The molecule has 0 fully saturated rings. The zero-order valence-corrected chi connectivity index (χ0v) is 13.0. The zero-order valence-electron chi connectivity index (χ0n) is 13.0. The number of aryl methyl sites for hydroxylation is 1. The molecule has 1 aliphatic heterocycles. The molecule has 1 aliphatic rings. The number of allylic oxidation sites excluding steroid dienone is 1. The lowest BCUT2D eigenvalue weighted by Gasteiger charge is -2.20. The molecule has 114 valence electrons. The summed E-state index contributed by atoms with van der Waals surface area (Å²) in [5.41, 5.74) is 4.68. The van der Waals surface area contributed by atoms with Crippen molar-refractivity contribution in [1.29, 1.82) is 0 Å². The van der Waals surface area contributed by atoms with Crippen LogP contribution in [0.25, 0.3) is 11.8 Å². The second kappa shape index (κ2) is 6.18. The van der Waals surface area contributed by atoms with Gasteiger partial charge < -0.3 is 9.88 Å². The van der Waals surface area contributed by atoms with Crippen LogP contribution in [0.3, 0.4) is 0 Å². The van der Waals surface area contributed by atoms with Crippen LogP contribution in [0.5, 0.6) is 0 Å². The van der Waals surface area contributed by atoms with E-state index < -0.39 is 0 Å². The highest BCUT2D eigenvalue weighted by Gasteiger charge is 2.17. The van der Waals surface area contributed by atoms with Gasteiger partial charge in [-0.3, -0.25) is 4.79 Å². The molecule has 0 saturated heterocycles. The molecular weight excluding hydrogens is 274 g/mol. The van der Waals surface area contributed by atoms with Gasteiger partial charge in [-0.1, -0.05) is 19.9 Å². The fourth-order valence-corrected chi connectivity index (χ4v) is 2.78. The van der Waals surface area contributed by atoms with Gasteiger partial charge in [-0.05, 0) is 47.6 Å². The van der Waals surface area contributed by atoms with E-state index in [-0.39, 0.29) is 5.91 Å². The highest BCUT2D eigenvalue weighted by Crippen LogP contribution is 2.31. The molecule has 1 unspecified atom stereocenters. The van der Waals surface area contributed by atoms with Crippen LogP contribution in [0.4, 0.5) is 5.69 Å². The number of carbonyl (C=O) groups is 1. The topological polar surface area (TPSA) is 46.9 Å². The number of nitrogens with one attached hydrogen (secondary N) is 1. The fraction of sp³-hybridized carbons (Fsp3) is 0.333. The Morgan fingerprint density at radius 2 is 2.32 bits per heavy atom. The van der Waals surface area contributed by atoms with Gasteiger partial charge in [0.1, 0.15) is 0 Å². The second-order valence-corrected chi connectivity index (χ2v) is 5.82. The molecule has 1 aromatic heterocycles. The number of hydrogen-bond donors (Lipinski definition) is 1. The van der Waals surface area contributed by atoms with Crippen LogP contribution < -0.4 is 5.32 Å². The lowest BCUT2D eigenvalue weighted by atomic mass is 9.90. The van der Waals surface area contributed by atoms with Crippen molar-refractivity contribution in [2.24, 2.45) is 5.92 Å². The van der Waals surface area contributed by atoms with Crippen LogP contribution in [-0.4, -0.2) is 15.5 Å². The molecule has 22 heavy (non-hydrogen) atoms. The quantitative estimate of drug-likeness (QED) is 0.932. The first-order valence-electron chi connectivity index (χ1n) is 7.79. The standard InChI is InChI=1S/C18H21N3O/c1-3-13(2)16(11-21-9-8-19-12-21)14-4-6-17-15(10-14)5-7-18(22)20-17/h4,6,8-13H,3,5,7H2,1-2H3,(H,20,22)/b16-11-. The molecule has 2 aromatic rings. The summed E-state index contributed by atoms with van der Waals surface area (Å²) in [5, 5.41) is 2.94. The van der Waals surface area contributed by atoms with Gasteiger partial charge in [0.25, 0.3) is 0 Å². The van der Waals surface area contributed by atoms with Crippen molar-refractivity contribution in [1.82, 2.24) is 9.55 Å². The van der Waals surface area contributed by atoms with Gasteiger partial charge in [0.2, 0.25) is 5.91 Å². The number of hydrogen-bond acceptors (Lipinski definition) is 2. The Morgan fingerprint density at radius 1 is 1.45 bits per heavy atom. The average molecular weight is 295 g/mol. The third-order valence-electron chi connectivity index (χ3n) is 4.29. The van der Waals surface area contributed by atoms with Crippen molar-refractivity contribution >= 4 is 23.4 Å². The van der Waals surface area contributed by atoms with E-state index >= 15 is 0 Å². The maximum Gasteiger partial charge on any atom is 0.224 e. The third-order valence-corrected chi connectivity index (χ3v) is 4.29. The van der Waals surface area contributed by atoms with Gasteiger partial charge in [0, 0.05) is 30.7 Å². The first-order valence-corrected chi connectivity index (χ1v) is 7.79. The van der Waals surface area contributed by atoms with Crippen LogP contribution in [0.2, 0.25) is 0 Å². The summed E-state index contributed by atoms with van der Waals surface area (Å²) in [6.45, 7) is 4.44. The Morgan fingerprint density at radius 3 is 3.05 bits per heavy atom. The number of amides is 1. The van der Waals surface area contributed by atoms with E-state index in [1.54, 1.807) is 12.5 Å². The van der Waals surface area contributed by atoms with E-state index in [1.807, 2.05) is 16.8 Å². The van der Waals surface area contributed by atoms with Crippen molar-refractivity contribution in [3.63, 3.8) is 0 Å². The van der Waals surface area contributed by atoms with Crippen molar-refractivity contribution in [2.75, 3.05) is 5.32 Å². The molecule has 1 aromatic carbocycles. The minimum Gasteiger partial charge on any atom is -0.326 e. The maximum atomic E-state index is 11.5. The highest BCUT2D eigenvalue weighted by atomic mass is 16.1. The summed E-state index contributed by atoms with van der Waals surface area (Å²) in [6, 6.07) is 6.33. The summed E-state index contributed by atoms with van der Waals surface area (Å²) < 4.78 is 1.99. The van der Waals surface area contributed by atoms with E-state index in [0.717, 1.165) is 18.5 Å². The van der Waals surface area contributed by atoms with Crippen molar-refractivity contribution < 1.29 is 4.79 Å². The lowest BCUT2D eigenvalue weighted by molar-refractivity contribution is -0.116. The third kappa shape index (κ3) is 2.96. The molecule has 0 bridgehead atoms. The van der Waals surface area contributed by atoms with Gasteiger partial charge in [0.05, 0.1) is 6.33 Å². The summed E-state index contributed by atoms with van der Waals surface area (Å²) in [5.74, 6) is 0.565. The average Bonchev–Trinajstić information content (AvgIpc) is 3.04. The molecule has 3 rings (SSSR count). The largest absolute Gasteiger partial charge is 0.326 e. The summed E-state index contributed by atoms with van der Waals surface area (Å²) in [7, 11) is 0. The number of imidazole rings is 1. The number of benzene rings is 1. The highest BCUT2D eigenvalue weighted by molar-refractivity contribution is 5.94. The number of anilines is 1. The fourth-order valence-electron chi connectivity index (χ4n) is 2.78. The van der Waals surface area contributed by atoms with Crippen molar-refractivity contribution in [2.45, 2.75) is 33.1 Å². The molecule has 2 heterocycles. The van der Waals surface area contributed by atoms with Gasteiger partial charge in [0.15, 0.2) is 0 Å². The molecule has 0 radical (unpaired) electrons. The van der Waals surface area contributed by atoms with Gasteiger partial charge >= 0.3 is 0 Å². The Balaban J connectivity index is 2.00. The first kappa shape index (κ1) is 14.6. The van der Waals surface area contributed by atoms with Crippen LogP contribution >= 0.6 is 0 Å². The van der Waals surface area contributed by atoms with Gasteiger partial charge in [-0.15, -0.1) is 0 Å². The Kier molecular flexibility index (Phi) is 4.09. The number of fused-ring (bicyclic) bond motifs is 1. The van der Waals surface area contributed by atoms with Crippen molar-refractivity contribution in [3.8, 4) is 0 Å². The molecule has 4 nitrogen and oxygen atoms in total. The number of rotatable bonds is 4. The zero-order chi connectivity index (χ0) is 15.5. The Labute approximate surface area is 130 Å². The Bertz CT molecular complexity index is 701. The minimum absolute atomic E-state index is 0.108. The summed E-state index contributed by atoms with van der Waals surface area (Å²) in [6.07, 6.45) is 10.1. The van der Waals surface area contributed by atoms with E-state index in [0.29, 0.717) is 12.3 Å². The predicted molar refractivity (Wildman–Crippen MR) is 89.2 cm³/mol. The monoisotopic (exact) mass is 295 g/mol. The Hall–Kier alpha value is -2.36. The number of carbonyl (C=O) groups excluding carboxylic acids is 1. The van der Waals surface area contributed by atoms with Crippen LogP contribution in [-0.2, 0) is 11.2 Å². The second-order valence-electron chi connectivity index (χ2n) is 5.82. The van der Waals surface area contributed by atoms with Gasteiger partial charge in [-0.25, -0.2) is 4.98 Å². The van der Waals surface area contributed by atoms with E-state index in [9.17, 15) is 4.79 Å². The SMILES string of the molecule is CCC(C)/C(=C/n1ccnc1)c1ccc2c(c1)CCC(=O)N2. The van der Waals surface area contributed by atoms with Crippen molar-refractivity contribution in [3.05, 3.63) is 48.0 Å². The smallest absolute Gasteiger partial charge is 0.224 e. The van der Waals surface area contributed by atoms with E-state index in [4.69, 9.17) is 0 Å². The predicted octanol–water partition coefficient (Wildman–Crippen LogP) is 3.81. The van der Waals surface area contributed by atoms with E-state index in [1.165, 1.54) is 16.7 Å². The molecule has 0 spiro atoms. The molecule has 4 heteroatoms. The minimum atomic E-state index is 0.108. The van der Waals surface area contributed by atoms with E-state index in [2.05, 4.69) is 42.5 Å². The normalized spacial score (nSPS) is 16.1. The molecule has 1 N–H and O–H groups in total. The van der Waals surface area contributed by atoms with Crippen LogP contribution in [0, 0.1) is 5.92 Å². The molecule has 1 atom stereocenters. The lowest BCUT2D eigenvalue weighted by Crippen LogP contribution is -2.19. The summed E-state index contributed by atoms with van der Waals surface area (Å²) in [4.78, 5) is 15.6. The molecule has 0 aliphatic carbocycles. The maximum absolute atomic E-state index is 11.5. The number of nitrogens with zero attached hydrogens (tertiary/aromatic N) is 2. The van der Waals surface area contributed by atoms with Crippen LogP contribution in [0.1, 0.15) is 37.8 Å². The summed E-state index contributed by atoms with van der Waals surface area (Å²) >= 11 is 0. The van der Waals surface area contributed by atoms with Gasteiger partial charge in [-0.2, -0.15) is 0 Å². The molecular formula is C18H21N3O. The molecule has 0 saturated carbocycles. The first-order chi connectivity index (χ1) is 10.7. The van der Waals surface area contributed by atoms with Crippen LogP contribution in [0.15, 0.2) is 36.9 Å². The molecule has 1 amide bonds. The number of aromatic nitrogens is 2.